The molecule has 2 N–H and O–H groups in total. The van der Waals surface area contributed by atoms with Gasteiger partial charge in [-0.2, -0.15) is 0 Å². The van der Waals surface area contributed by atoms with Crippen molar-refractivity contribution in [1.29, 1.82) is 0 Å². The summed E-state index contributed by atoms with van der Waals surface area (Å²) in [5.74, 6) is 0.0580. The third-order valence-corrected chi connectivity index (χ3v) is 2.60. The number of anilines is 1. The van der Waals surface area contributed by atoms with E-state index in [-0.39, 0.29) is 11.7 Å². The van der Waals surface area contributed by atoms with Crippen LogP contribution < -0.4 is 5.32 Å². The van der Waals surface area contributed by atoms with Crippen LogP contribution in [0.25, 0.3) is 0 Å². The Balaban J connectivity index is 3.11. The molecule has 0 saturated heterocycles. The lowest BCUT2D eigenvalue weighted by Crippen LogP contribution is -2.08. The molecule has 4 nitrogen and oxygen atoms in total. The van der Waals surface area contributed by atoms with Crippen LogP contribution in [-0.2, 0) is 4.79 Å². The molecule has 0 aliphatic heterocycles. The average molecular weight is 216 g/mol. The molecule has 1 amide bonds. The number of carbonyl (C=O) groups is 2. The monoisotopic (exact) mass is 216 g/mol. The zero-order chi connectivity index (χ0) is 10.0. The van der Waals surface area contributed by atoms with Gasteiger partial charge in [-0.15, -0.1) is 0 Å². The Hall–Kier alpha value is -1.01. The van der Waals surface area contributed by atoms with E-state index in [1.807, 2.05) is 0 Å². The van der Waals surface area contributed by atoms with E-state index < -0.39 is 0 Å². The quantitative estimate of drug-likeness (QED) is 0.587. The average Bonchev–Trinajstić information content (AvgIpc) is 2.29. The summed E-state index contributed by atoms with van der Waals surface area (Å²) in [4.78, 5) is 25.0. The lowest BCUT2D eigenvalue weighted by Gasteiger charge is -1.98. The number of thiazole rings is 1. The molecule has 0 bridgehead atoms. The highest BCUT2D eigenvalue weighted by atomic mass is 32.1. The van der Waals surface area contributed by atoms with Gasteiger partial charge >= 0.3 is 0 Å². The minimum Gasteiger partial charge on any atom is -0.323 e. The number of H-pyrrole nitrogens is 1. The van der Waals surface area contributed by atoms with Gasteiger partial charge in [-0.05, 0) is 12.2 Å². The number of rotatable bonds is 2. The van der Waals surface area contributed by atoms with Crippen molar-refractivity contribution < 1.29 is 9.59 Å². The molecule has 6 heteroatoms. The number of carbonyl (C=O) groups excluding carboxylic acids is 2. The van der Waals surface area contributed by atoms with Crippen LogP contribution >= 0.6 is 23.6 Å². The summed E-state index contributed by atoms with van der Waals surface area (Å²) in [5.41, 5.74) is 0. The summed E-state index contributed by atoms with van der Waals surface area (Å²) in [6.45, 7) is 2.80. The third-order valence-electron chi connectivity index (χ3n) is 1.27. The summed E-state index contributed by atoms with van der Waals surface area (Å²) >= 11 is 6.01. The molecule has 13 heavy (non-hydrogen) atoms. The van der Waals surface area contributed by atoms with Gasteiger partial charge in [0.15, 0.2) is 9.74 Å². The Labute approximate surface area is 84.0 Å². The number of aromatic nitrogens is 1. The summed E-state index contributed by atoms with van der Waals surface area (Å²) in [6.07, 6.45) is 0. The second-order valence-electron chi connectivity index (χ2n) is 2.46. The molecule has 1 heterocycles. The Kier molecular flexibility index (Phi) is 2.94. The fraction of sp³-hybridized carbons (Fsp3) is 0.286. The number of ketones is 1. The van der Waals surface area contributed by atoms with Crippen molar-refractivity contribution in [2.45, 2.75) is 13.8 Å². The molecule has 0 fully saturated rings. The van der Waals surface area contributed by atoms with E-state index in [0.717, 1.165) is 11.3 Å². The van der Waals surface area contributed by atoms with Crippen LogP contribution in [0.4, 0.5) is 5.82 Å². The Bertz CT molecular complexity index is 405. The van der Waals surface area contributed by atoms with Crippen molar-refractivity contribution in [1.82, 2.24) is 4.98 Å². The fourth-order valence-corrected chi connectivity index (χ4v) is 1.88. The molecule has 0 spiro atoms. The number of hydrogen-bond acceptors (Lipinski definition) is 4. The molecule has 0 radical (unpaired) electrons. The number of Topliss-reactive ketones (excluding diaryl/α,β-unsaturated/α-hetero) is 1. The number of aromatic amines is 1. The zero-order valence-corrected chi connectivity index (χ0v) is 8.77. The van der Waals surface area contributed by atoms with Gasteiger partial charge in [0.1, 0.15) is 10.7 Å². The molecular formula is C7H8N2O2S2. The molecule has 0 aliphatic rings. The predicted octanol–water partition coefficient (Wildman–Crippen LogP) is 1.97. The molecule has 0 aromatic carbocycles. The third kappa shape index (κ3) is 2.46. The molecule has 1 rings (SSSR count). The van der Waals surface area contributed by atoms with Gasteiger partial charge in [0.2, 0.25) is 5.91 Å². The number of nitrogens with one attached hydrogen (secondary N) is 2. The van der Waals surface area contributed by atoms with Crippen molar-refractivity contribution in [3.63, 3.8) is 0 Å². The van der Waals surface area contributed by atoms with E-state index >= 15 is 0 Å². The summed E-state index contributed by atoms with van der Waals surface area (Å²) < 4.78 is 0.481. The highest BCUT2D eigenvalue weighted by Gasteiger charge is 2.11. The molecule has 1 aromatic heterocycles. The van der Waals surface area contributed by atoms with Crippen LogP contribution in [0.2, 0.25) is 0 Å². The van der Waals surface area contributed by atoms with Gasteiger partial charge in [-0.3, -0.25) is 9.59 Å². The normalized spacial score (nSPS) is 9.69. The van der Waals surface area contributed by atoms with Crippen molar-refractivity contribution in [2.24, 2.45) is 0 Å². The zero-order valence-electron chi connectivity index (χ0n) is 7.13. The topological polar surface area (TPSA) is 62.0 Å². The van der Waals surface area contributed by atoms with Crippen molar-refractivity contribution in [3.8, 4) is 0 Å². The molecule has 0 atom stereocenters. The number of hydrogen-bond donors (Lipinski definition) is 2. The largest absolute Gasteiger partial charge is 0.323 e. The maximum absolute atomic E-state index is 11.1. The smallest absolute Gasteiger partial charge is 0.222 e. The molecule has 70 valence electrons. The predicted molar refractivity (Wildman–Crippen MR) is 53.8 cm³/mol. The van der Waals surface area contributed by atoms with Gasteiger partial charge in [0.25, 0.3) is 0 Å². The van der Waals surface area contributed by atoms with Crippen LogP contribution in [0.15, 0.2) is 0 Å². The van der Waals surface area contributed by atoms with Gasteiger partial charge < -0.3 is 10.3 Å². The van der Waals surface area contributed by atoms with Crippen LogP contribution in [0.3, 0.4) is 0 Å². The first-order chi connectivity index (χ1) is 6.00. The first kappa shape index (κ1) is 10.1. The van der Waals surface area contributed by atoms with Gasteiger partial charge in [-0.1, -0.05) is 11.3 Å². The molecule has 0 saturated carbocycles. The molecular weight excluding hydrogens is 208 g/mol. The Morgan fingerprint density at radius 1 is 1.46 bits per heavy atom. The summed E-state index contributed by atoms with van der Waals surface area (Å²) in [7, 11) is 0. The Morgan fingerprint density at radius 2 is 2.08 bits per heavy atom. The SMILES string of the molecule is CC(=O)Nc1[nH]c(=S)sc1C(C)=O. The van der Waals surface area contributed by atoms with Crippen LogP contribution in [0.5, 0.6) is 0 Å². The summed E-state index contributed by atoms with van der Waals surface area (Å²) in [6, 6.07) is 0. The lowest BCUT2D eigenvalue weighted by atomic mass is 10.3. The van der Waals surface area contributed by atoms with Crippen molar-refractivity contribution in [3.05, 3.63) is 8.83 Å². The second-order valence-corrected chi connectivity index (χ2v) is 4.14. The van der Waals surface area contributed by atoms with E-state index in [4.69, 9.17) is 12.2 Å². The highest BCUT2D eigenvalue weighted by Crippen LogP contribution is 2.20. The van der Waals surface area contributed by atoms with Crippen molar-refractivity contribution in [2.75, 3.05) is 5.32 Å². The van der Waals surface area contributed by atoms with Crippen LogP contribution in [0.1, 0.15) is 23.5 Å². The standard InChI is InChI=1S/C7H8N2O2S2/c1-3(10)5-6(8-4(2)11)9-7(12)13-5/h1-2H3,(H,8,11)(H,9,12). The fourth-order valence-electron chi connectivity index (χ4n) is 0.840. The first-order valence-electron chi connectivity index (χ1n) is 3.52. The maximum atomic E-state index is 11.1. The van der Waals surface area contributed by atoms with Crippen LogP contribution in [-0.4, -0.2) is 16.7 Å². The van der Waals surface area contributed by atoms with Crippen molar-refractivity contribution >= 4 is 41.1 Å². The van der Waals surface area contributed by atoms with Crippen LogP contribution in [0, 0.1) is 3.95 Å². The molecule has 1 aromatic rings. The highest BCUT2D eigenvalue weighted by molar-refractivity contribution is 7.73. The maximum Gasteiger partial charge on any atom is 0.222 e. The summed E-state index contributed by atoms with van der Waals surface area (Å²) in [5, 5.41) is 2.50. The van der Waals surface area contributed by atoms with Gasteiger partial charge in [0.05, 0.1) is 0 Å². The minimum absolute atomic E-state index is 0.110. The van der Waals surface area contributed by atoms with E-state index in [1.165, 1.54) is 13.8 Å². The Morgan fingerprint density at radius 3 is 2.54 bits per heavy atom. The van der Waals surface area contributed by atoms with Gasteiger partial charge in [0, 0.05) is 13.8 Å². The molecule has 0 aliphatic carbocycles. The van der Waals surface area contributed by atoms with Gasteiger partial charge in [-0.25, -0.2) is 0 Å². The van der Waals surface area contributed by atoms with E-state index in [2.05, 4.69) is 10.3 Å². The number of amides is 1. The minimum atomic E-state index is -0.230. The second kappa shape index (κ2) is 3.80. The molecule has 0 unspecified atom stereocenters. The van der Waals surface area contributed by atoms with E-state index in [9.17, 15) is 9.59 Å². The first-order valence-corrected chi connectivity index (χ1v) is 4.75. The lowest BCUT2D eigenvalue weighted by molar-refractivity contribution is -0.114. The van der Waals surface area contributed by atoms with E-state index in [0.29, 0.717) is 14.6 Å². The van der Waals surface area contributed by atoms with E-state index in [1.54, 1.807) is 0 Å².